The van der Waals surface area contributed by atoms with Gasteiger partial charge in [-0.3, -0.25) is 4.79 Å². The van der Waals surface area contributed by atoms with Gasteiger partial charge in [-0.15, -0.1) is 0 Å². The van der Waals surface area contributed by atoms with E-state index >= 15 is 0 Å². The van der Waals surface area contributed by atoms with Gasteiger partial charge in [0.05, 0.1) is 5.56 Å². The minimum Gasteiger partial charge on any atom is -0.439 e. The summed E-state index contributed by atoms with van der Waals surface area (Å²) >= 11 is 0. The molecular weight excluding hydrogens is 350 g/mol. The van der Waals surface area contributed by atoms with Gasteiger partial charge in [-0.05, 0) is 60.7 Å². The first kappa shape index (κ1) is 18.2. The molecule has 3 aromatic rings. The van der Waals surface area contributed by atoms with Crippen LogP contribution in [0, 0.1) is 0 Å². The molecule has 0 bridgehead atoms. The summed E-state index contributed by atoms with van der Waals surface area (Å²) in [6.07, 6.45) is 4.58. The molecule has 0 aliphatic heterocycles. The lowest BCUT2D eigenvalue weighted by molar-refractivity contribution is 0.1000. The van der Waals surface area contributed by atoms with Crippen molar-refractivity contribution in [2.75, 3.05) is 6.54 Å². The van der Waals surface area contributed by atoms with Crippen molar-refractivity contribution in [1.29, 1.82) is 0 Å². The molecule has 5 nitrogen and oxygen atoms in total. The fraction of sp³-hybridized carbons (Fsp3) is 0.217. The highest BCUT2D eigenvalue weighted by molar-refractivity contribution is 5.92. The van der Waals surface area contributed by atoms with E-state index in [1.54, 1.807) is 12.1 Å². The zero-order valence-corrected chi connectivity index (χ0v) is 15.6. The Kier molecular flexibility index (Phi) is 5.35. The van der Waals surface area contributed by atoms with Gasteiger partial charge in [0.1, 0.15) is 5.75 Å². The third-order valence-corrected chi connectivity index (χ3v) is 5.08. The predicted molar refractivity (Wildman–Crippen MR) is 108 cm³/mol. The zero-order chi connectivity index (χ0) is 19.3. The summed E-state index contributed by atoms with van der Waals surface area (Å²) in [6, 6.07) is 20.4. The maximum Gasteiger partial charge on any atom is 0.250 e. The standard InChI is InChI=1S/C23H23N3O2/c24-23(27)18-7-11-22(26-15-18)28-19-8-9-20-17(14-19)6-10-21(20)25-13-12-16-4-2-1-3-5-16/h1-5,7-9,11,14-15,21,25H,6,10,12-13H2,(H2,24,27). The third kappa shape index (κ3) is 4.21. The van der Waals surface area contributed by atoms with Gasteiger partial charge < -0.3 is 15.8 Å². The van der Waals surface area contributed by atoms with Gasteiger partial charge in [0.15, 0.2) is 0 Å². The molecule has 1 aromatic heterocycles. The van der Waals surface area contributed by atoms with Gasteiger partial charge in [0, 0.05) is 18.3 Å². The Hall–Kier alpha value is -3.18. The number of primary amides is 1. The van der Waals surface area contributed by atoms with Gasteiger partial charge >= 0.3 is 0 Å². The van der Waals surface area contributed by atoms with E-state index in [0.29, 0.717) is 17.5 Å². The molecular formula is C23H23N3O2. The van der Waals surface area contributed by atoms with Gasteiger partial charge in [-0.1, -0.05) is 36.4 Å². The van der Waals surface area contributed by atoms with Crippen molar-refractivity contribution >= 4 is 5.91 Å². The number of nitrogens with two attached hydrogens (primary N) is 1. The third-order valence-electron chi connectivity index (χ3n) is 5.08. The normalized spacial score (nSPS) is 15.2. The average Bonchev–Trinajstić information content (AvgIpc) is 3.11. The van der Waals surface area contributed by atoms with E-state index in [0.717, 1.165) is 31.6 Å². The summed E-state index contributed by atoms with van der Waals surface area (Å²) in [5.74, 6) is 0.700. The summed E-state index contributed by atoms with van der Waals surface area (Å²) in [5, 5.41) is 3.68. The van der Waals surface area contributed by atoms with Crippen LogP contribution < -0.4 is 15.8 Å². The van der Waals surface area contributed by atoms with Crippen LogP contribution in [0.3, 0.4) is 0 Å². The molecule has 0 saturated carbocycles. The maximum absolute atomic E-state index is 11.1. The van der Waals surface area contributed by atoms with E-state index in [1.165, 1.54) is 22.9 Å². The number of nitrogens with one attached hydrogen (secondary N) is 1. The number of aryl methyl sites for hydroxylation is 1. The molecule has 142 valence electrons. The molecule has 1 aliphatic carbocycles. The molecule has 1 unspecified atom stereocenters. The fourth-order valence-electron chi connectivity index (χ4n) is 3.61. The van der Waals surface area contributed by atoms with Crippen LogP contribution in [0.2, 0.25) is 0 Å². The fourth-order valence-corrected chi connectivity index (χ4v) is 3.61. The molecule has 4 rings (SSSR count). The summed E-state index contributed by atoms with van der Waals surface area (Å²) < 4.78 is 5.83. The summed E-state index contributed by atoms with van der Waals surface area (Å²) in [4.78, 5) is 15.3. The predicted octanol–water partition coefficient (Wildman–Crippen LogP) is 3.79. The number of rotatable bonds is 7. The second kappa shape index (κ2) is 8.23. The van der Waals surface area contributed by atoms with E-state index in [2.05, 4.69) is 46.7 Å². The van der Waals surface area contributed by atoms with Crippen LogP contribution in [0.1, 0.15) is 39.5 Å². The molecule has 5 heteroatoms. The number of amides is 1. The van der Waals surface area contributed by atoms with E-state index in [1.807, 2.05) is 12.1 Å². The summed E-state index contributed by atoms with van der Waals surface area (Å²) in [5.41, 5.74) is 9.61. The van der Waals surface area contributed by atoms with Crippen LogP contribution in [0.4, 0.5) is 0 Å². The molecule has 28 heavy (non-hydrogen) atoms. The minimum absolute atomic E-state index is 0.366. The lowest BCUT2D eigenvalue weighted by Gasteiger charge is -2.14. The second-order valence-corrected chi connectivity index (χ2v) is 6.99. The monoisotopic (exact) mass is 373 g/mol. The number of hydrogen-bond acceptors (Lipinski definition) is 4. The number of hydrogen-bond donors (Lipinski definition) is 2. The van der Waals surface area contributed by atoms with Crippen molar-refractivity contribution in [2.45, 2.75) is 25.3 Å². The SMILES string of the molecule is NC(=O)c1ccc(Oc2ccc3c(c2)CCC3NCCc2ccccc2)nc1. The Balaban J connectivity index is 1.37. The second-order valence-electron chi connectivity index (χ2n) is 6.99. The van der Waals surface area contributed by atoms with Gasteiger partial charge in [0.2, 0.25) is 11.8 Å². The highest BCUT2D eigenvalue weighted by atomic mass is 16.5. The van der Waals surface area contributed by atoms with E-state index < -0.39 is 5.91 Å². The maximum atomic E-state index is 11.1. The largest absolute Gasteiger partial charge is 0.439 e. The van der Waals surface area contributed by atoms with Crippen molar-refractivity contribution in [2.24, 2.45) is 5.73 Å². The Morgan fingerprint density at radius 3 is 2.75 bits per heavy atom. The summed E-state index contributed by atoms with van der Waals surface area (Å²) in [7, 11) is 0. The molecule has 0 saturated heterocycles. The number of aromatic nitrogens is 1. The Labute approximate surface area is 164 Å². The van der Waals surface area contributed by atoms with Gasteiger partial charge in [-0.2, -0.15) is 0 Å². The Morgan fingerprint density at radius 1 is 1.14 bits per heavy atom. The molecule has 1 heterocycles. The van der Waals surface area contributed by atoms with Crippen molar-refractivity contribution in [3.05, 3.63) is 89.1 Å². The Morgan fingerprint density at radius 2 is 2.00 bits per heavy atom. The number of pyridine rings is 1. The van der Waals surface area contributed by atoms with Crippen LogP contribution in [0.5, 0.6) is 11.6 Å². The molecule has 0 radical (unpaired) electrons. The van der Waals surface area contributed by atoms with E-state index in [-0.39, 0.29) is 0 Å². The van der Waals surface area contributed by atoms with Crippen molar-refractivity contribution < 1.29 is 9.53 Å². The number of ether oxygens (including phenoxy) is 1. The van der Waals surface area contributed by atoms with Crippen LogP contribution in [-0.2, 0) is 12.8 Å². The molecule has 3 N–H and O–H groups in total. The highest BCUT2D eigenvalue weighted by Crippen LogP contribution is 2.34. The van der Waals surface area contributed by atoms with Crippen LogP contribution in [-0.4, -0.2) is 17.4 Å². The van der Waals surface area contributed by atoms with Crippen molar-refractivity contribution in [3.8, 4) is 11.6 Å². The van der Waals surface area contributed by atoms with Crippen molar-refractivity contribution in [1.82, 2.24) is 10.3 Å². The first-order valence-electron chi connectivity index (χ1n) is 9.53. The average molecular weight is 373 g/mol. The lowest BCUT2D eigenvalue weighted by atomic mass is 10.1. The molecule has 0 spiro atoms. The van der Waals surface area contributed by atoms with Gasteiger partial charge in [0.25, 0.3) is 0 Å². The number of carbonyl (C=O) groups excluding carboxylic acids is 1. The minimum atomic E-state index is -0.498. The first-order chi connectivity index (χ1) is 13.7. The molecule has 2 aromatic carbocycles. The number of carbonyl (C=O) groups is 1. The molecule has 1 atom stereocenters. The lowest BCUT2D eigenvalue weighted by Crippen LogP contribution is -2.21. The summed E-state index contributed by atoms with van der Waals surface area (Å²) in [6.45, 7) is 0.961. The first-order valence-corrected chi connectivity index (χ1v) is 9.53. The van der Waals surface area contributed by atoms with Crippen LogP contribution in [0.25, 0.3) is 0 Å². The Bertz CT molecular complexity index is 955. The van der Waals surface area contributed by atoms with Crippen LogP contribution >= 0.6 is 0 Å². The van der Waals surface area contributed by atoms with Crippen LogP contribution in [0.15, 0.2) is 66.9 Å². The molecule has 0 fully saturated rings. The number of benzene rings is 2. The quantitative estimate of drug-likeness (QED) is 0.660. The zero-order valence-electron chi connectivity index (χ0n) is 15.6. The van der Waals surface area contributed by atoms with Gasteiger partial charge in [-0.25, -0.2) is 4.98 Å². The topological polar surface area (TPSA) is 77.2 Å². The highest BCUT2D eigenvalue weighted by Gasteiger charge is 2.22. The smallest absolute Gasteiger partial charge is 0.250 e. The number of fused-ring (bicyclic) bond motifs is 1. The van der Waals surface area contributed by atoms with Crippen molar-refractivity contribution in [3.63, 3.8) is 0 Å². The number of nitrogens with zero attached hydrogens (tertiary/aromatic N) is 1. The van der Waals surface area contributed by atoms with E-state index in [9.17, 15) is 4.79 Å². The van der Waals surface area contributed by atoms with E-state index in [4.69, 9.17) is 10.5 Å². The molecule has 1 amide bonds. The molecule has 1 aliphatic rings.